The van der Waals surface area contributed by atoms with E-state index in [1.807, 2.05) is 11.9 Å². The van der Waals surface area contributed by atoms with Gasteiger partial charge in [0.15, 0.2) is 0 Å². The minimum absolute atomic E-state index is 0. The predicted molar refractivity (Wildman–Crippen MR) is 102 cm³/mol. The first kappa shape index (κ1) is 23.0. The van der Waals surface area contributed by atoms with Gasteiger partial charge in [-0.05, 0) is 71.1 Å². The Morgan fingerprint density at radius 1 is 1.13 bits per heavy atom. The first-order valence-corrected chi connectivity index (χ1v) is 8.81. The highest BCUT2D eigenvalue weighted by Gasteiger charge is 2.20. The molecule has 0 aliphatic carbocycles. The number of hydrogen-bond donors (Lipinski definition) is 1. The Labute approximate surface area is 154 Å². The Kier molecular flexibility index (Phi) is 12.3. The molecule has 1 atom stereocenters. The number of amides is 1. The van der Waals surface area contributed by atoms with Gasteiger partial charge < -0.3 is 15.1 Å². The molecule has 2 heterocycles. The monoisotopic (exact) mass is 367 g/mol. The summed E-state index contributed by atoms with van der Waals surface area (Å²) >= 11 is 0. The second kappa shape index (κ2) is 12.3. The van der Waals surface area contributed by atoms with E-state index < -0.39 is 0 Å². The second-order valence-corrected chi connectivity index (χ2v) is 6.97. The van der Waals surface area contributed by atoms with Crippen molar-refractivity contribution in [3.63, 3.8) is 0 Å². The highest BCUT2D eigenvalue weighted by atomic mass is 35.5. The van der Waals surface area contributed by atoms with Crippen LogP contribution in [0.25, 0.3) is 0 Å². The molecule has 1 amide bonds. The van der Waals surface area contributed by atoms with Crippen molar-refractivity contribution >= 4 is 30.7 Å². The molecule has 0 aromatic rings. The average molecular weight is 368 g/mol. The van der Waals surface area contributed by atoms with Crippen molar-refractivity contribution < 1.29 is 4.79 Å². The van der Waals surface area contributed by atoms with Crippen LogP contribution in [0.2, 0.25) is 0 Å². The summed E-state index contributed by atoms with van der Waals surface area (Å²) in [5, 5.41) is 3.39. The molecule has 0 aromatic heterocycles. The minimum Gasteiger partial charge on any atom is -0.346 e. The summed E-state index contributed by atoms with van der Waals surface area (Å²) in [6, 6.07) is 0.679. The van der Waals surface area contributed by atoms with Crippen LogP contribution in [-0.2, 0) is 4.79 Å². The Morgan fingerprint density at radius 3 is 2.48 bits per heavy atom. The van der Waals surface area contributed by atoms with Crippen molar-refractivity contribution in [2.24, 2.45) is 5.92 Å². The van der Waals surface area contributed by atoms with E-state index in [-0.39, 0.29) is 24.8 Å². The van der Waals surface area contributed by atoms with Gasteiger partial charge in [-0.3, -0.25) is 4.79 Å². The lowest BCUT2D eigenvalue weighted by molar-refractivity contribution is -0.130. The number of carbonyl (C=O) groups is 1. The molecule has 23 heavy (non-hydrogen) atoms. The molecule has 0 spiro atoms. The lowest BCUT2D eigenvalue weighted by atomic mass is 9.93. The Bertz CT molecular complexity index is 325. The fourth-order valence-electron chi connectivity index (χ4n) is 3.67. The van der Waals surface area contributed by atoms with Crippen LogP contribution in [0.1, 0.15) is 51.4 Å². The second-order valence-electron chi connectivity index (χ2n) is 6.97. The van der Waals surface area contributed by atoms with Gasteiger partial charge in [0, 0.05) is 26.1 Å². The summed E-state index contributed by atoms with van der Waals surface area (Å²) in [5.74, 6) is 1.10. The van der Waals surface area contributed by atoms with Crippen molar-refractivity contribution in [2.75, 3.05) is 40.3 Å². The van der Waals surface area contributed by atoms with E-state index in [1.165, 1.54) is 38.6 Å². The predicted octanol–water partition coefficient (Wildman–Crippen LogP) is 2.94. The first-order valence-electron chi connectivity index (χ1n) is 8.81. The van der Waals surface area contributed by atoms with E-state index in [2.05, 4.69) is 17.3 Å². The summed E-state index contributed by atoms with van der Waals surface area (Å²) in [5.41, 5.74) is 0. The lowest BCUT2D eigenvalue weighted by Crippen LogP contribution is -2.39. The van der Waals surface area contributed by atoms with Gasteiger partial charge in [0.05, 0.1) is 0 Å². The zero-order valence-electron chi connectivity index (χ0n) is 14.8. The molecule has 1 unspecified atom stereocenters. The Balaban J connectivity index is 0.00000242. The SMILES string of the molecule is CN(CCC1CCCCN1C)C(=O)CCC1CCNCC1.Cl.Cl. The van der Waals surface area contributed by atoms with Crippen LogP contribution in [-0.4, -0.2) is 62.0 Å². The lowest BCUT2D eigenvalue weighted by Gasteiger charge is -2.33. The topological polar surface area (TPSA) is 35.6 Å². The van der Waals surface area contributed by atoms with Crippen molar-refractivity contribution in [1.82, 2.24) is 15.1 Å². The third-order valence-corrected chi connectivity index (χ3v) is 5.37. The summed E-state index contributed by atoms with van der Waals surface area (Å²) in [4.78, 5) is 16.7. The van der Waals surface area contributed by atoms with Gasteiger partial charge in [-0.2, -0.15) is 0 Å². The van der Waals surface area contributed by atoms with Crippen LogP contribution < -0.4 is 5.32 Å². The molecule has 2 rings (SSSR count). The average Bonchev–Trinajstić information content (AvgIpc) is 2.52. The van der Waals surface area contributed by atoms with E-state index >= 15 is 0 Å². The standard InChI is InChI=1S/C17H33N3O.2ClH/c1-19-13-4-3-5-16(19)10-14-20(2)17(21)7-6-15-8-11-18-12-9-15;;/h15-16,18H,3-14H2,1-2H3;2*1H. The van der Waals surface area contributed by atoms with Gasteiger partial charge in [-0.15, -0.1) is 24.8 Å². The molecule has 0 radical (unpaired) electrons. The zero-order valence-corrected chi connectivity index (χ0v) is 16.4. The van der Waals surface area contributed by atoms with Crippen molar-refractivity contribution in [3.8, 4) is 0 Å². The smallest absolute Gasteiger partial charge is 0.222 e. The fraction of sp³-hybridized carbons (Fsp3) is 0.941. The van der Waals surface area contributed by atoms with E-state index in [0.717, 1.165) is 44.8 Å². The number of nitrogens with zero attached hydrogens (tertiary/aromatic N) is 2. The molecule has 0 bridgehead atoms. The minimum atomic E-state index is 0. The van der Waals surface area contributed by atoms with E-state index in [4.69, 9.17) is 0 Å². The molecular weight excluding hydrogens is 333 g/mol. The highest BCUT2D eigenvalue weighted by Crippen LogP contribution is 2.20. The maximum atomic E-state index is 12.2. The van der Waals surface area contributed by atoms with E-state index in [9.17, 15) is 4.79 Å². The van der Waals surface area contributed by atoms with Crippen LogP contribution in [0.3, 0.4) is 0 Å². The van der Waals surface area contributed by atoms with Crippen LogP contribution in [0, 0.1) is 5.92 Å². The van der Waals surface area contributed by atoms with Crippen molar-refractivity contribution in [1.29, 1.82) is 0 Å². The van der Waals surface area contributed by atoms with Gasteiger partial charge in [0.25, 0.3) is 0 Å². The number of carbonyl (C=O) groups excluding carboxylic acids is 1. The Hall–Kier alpha value is -0.0300. The van der Waals surface area contributed by atoms with Crippen LogP contribution in [0.4, 0.5) is 0 Å². The molecule has 2 saturated heterocycles. The fourth-order valence-corrected chi connectivity index (χ4v) is 3.67. The largest absolute Gasteiger partial charge is 0.346 e. The third kappa shape index (κ3) is 8.06. The van der Waals surface area contributed by atoms with Crippen molar-refractivity contribution in [2.45, 2.75) is 57.4 Å². The first-order chi connectivity index (χ1) is 10.2. The van der Waals surface area contributed by atoms with Crippen LogP contribution in [0.5, 0.6) is 0 Å². The summed E-state index contributed by atoms with van der Waals surface area (Å²) in [6.07, 6.45) is 9.41. The summed E-state index contributed by atoms with van der Waals surface area (Å²) < 4.78 is 0. The molecule has 0 saturated carbocycles. The number of halogens is 2. The van der Waals surface area contributed by atoms with Crippen LogP contribution in [0.15, 0.2) is 0 Å². The Morgan fingerprint density at radius 2 is 1.83 bits per heavy atom. The van der Waals surface area contributed by atoms with Gasteiger partial charge in [0.1, 0.15) is 0 Å². The maximum absolute atomic E-state index is 12.2. The normalized spacial score (nSPS) is 22.8. The highest BCUT2D eigenvalue weighted by molar-refractivity contribution is 5.85. The van der Waals surface area contributed by atoms with Gasteiger partial charge in [-0.1, -0.05) is 6.42 Å². The molecule has 138 valence electrons. The number of likely N-dealkylation sites (tertiary alicyclic amines) is 1. The number of nitrogens with one attached hydrogen (secondary N) is 1. The number of piperidine rings is 2. The number of hydrogen-bond acceptors (Lipinski definition) is 3. The van der Waals surface area contributed by atoms with E-state index in [1.54, 1.807) is 0 Å². The maximum Gasteiger partial charge on any atom is 0.222 e. The molecular formula is C17H35Cl2N3O. The molecule has 2 aliphatic heterocycles. The van der Waals surface area contributed by atoms with Gasteiger partial charge in [-0.25, -0.2) is 0 Å². The summed E-state index contributed by atoms with van der Waals surface area (Å²) in [6.45, 7) is 4.39. The number of rotatable bonds is 6. The summed E-state index contributed by atoms with van der Waals surface area (Å²) in [7, 11) is 4.20. The van der Waals surface area contributed by atoms with Gasteiger partial charge >= 0.3 is 0 Å². The molecule has 0 aromatic carbocycles. The third-order valence-electron chi connectivity index (χ3n) is 5.37. The molecule has 2 fully saturated rings. The molecule has 6 heteroatoms. The molecule has 2 aliphatic rings. The van der Waals surface area contributed by atoms with E-state index in [0.29, 0.717) is 11.9 Å². The van der Waals surface area contributed by atoms with Crippen molar-refractivity contribution in [3.05, 3.63) is 0 Å². The molecule has 4 nitrogen and oxygen atoms in total. The van der Waals surface area contributed by atoms with Crippen LogP contribution >= 0.6 is 24.8 Å². The quantitative estimate of drug-likeness (QED) is 0.783. The van der Waals surface area contributed by atoms with Gasteiger partial charge in [0.2, 0.25) is 5.91 Å². The molecule has 1 N–H and O–H groups in total. The zero-order chi connectivity index (χ0) is 15.1.